The first-order valence-corrected chi connectivity index (χ1v) is 8.62. The van der Waals surface area contributed by atoms with E-state index in [9.17, 15) is 9.59 Å². The molecule has 4 heterocycles. The molecule has 0 aliphatic carbocycles. The van der Waals surface area contributed by atoms with Gasteiger partial charge >= 0.3 is 0 Å². The summed E-state index contributed by atoms with van der Waals surface area (Å²) in [7, 11) is 0. The van der Waals surface area contributed by atoms with Crippen molar-refractivity contribution in [3.05, 3.63) is 11.8 Å². The third-order valence-corrected chi connectivity index (χ3v) is 4.86. The highest BCUT2D eigenvalue weighted by atomic mass is 16.5. The molecule has 0 radical (unpaired) electrons. The van der Waals surface area contributed by atoms with E-state index >= 15 is 0 Å². The molecular weight excluding hydrogens is 312 g/mol. The van der Waals surface area contributed by atoms with Gasteiger partial charge in [0.25, 0.3) is 11.8 Å². The Morgan fingerprint density at radius 1 is 1.04 bits per heavy atom. The molecule has 2 saturated heterocycles. The molecule has 0 saturated carbocycles. The van der Waals surface area contributed by atoms with E-state index in [0.29, 0.717) is 50.8 Å². The fourth-order valence-electron chi connectivity index (χ4n) is 3.49. The Bertz CT molecular complexity index is 630. The number of rotatable bonds is 2. The number of fused-ring (bicyclic) bond motifs is 1. The number of aromatic nitrogens is 2. The van der Waals surface area contributed by atoms with Crippen LogP contribution in [0.3, 0.4) is 0 Å². The van der Waals surface area contributed by atoms with Crippen LogP contribution in [-0.4, -0.2) is 76.9 Å². The molecule has 130 valence electrons. The van der Waals surface area contributed by atoms with Crippen LogP contribution in [0.5, 0.6) is 5.88 Å². The molecular formula is C16H22N4O4. The van der Waals surface area contributed by atoms with Gasteiger partial charge in [-0.1, -0.05) is 0 Å². The molecule has 2 fully saturated rings. The van der Waals surface area contributed by atoms with Gasteiger partial charge in [-0.2, -0.15) is 5.10 Å². The van der Waals surface area contributed by atoms with Gasteiger partial charge in [-0.05, 0) is 12.8 Å². The molecule has 3 aliphatic rings. The van der Waals surface area contributed by atoms with Crippen molar-refractivity contribution in [2.45, 2.75) is 31.9 Å². The first-order valence-electron chi connectivity index (χ1n) is 8.62. The Morgan fingerprint density at radius 2 is 1.83 bits per heavy atom. The fraction of sp³-hybridized carbons (Fsp3) is 0.688. The fourth-order valence-corrected chi connectivity index (χ4v) is 3.49. The first kappa shape index (κ1) is 15.4. The third-order valence-electron chi connectivity index (χ3n) is 4.86. The van der Waals surface area contributed by atoms with Crippen LogP contribution in [0.15, 0.2) is 6.20 Å². The number of aryl methyl sites for hydroxylation is 1. The van der Waals surface area contributed by atoms with E-state index in [1.165, 1.54) is 0 Å². The average molecular weight is 334 g/mol. The van der Waals surface area contributed by atoms with Crippen molar-refractivity contribution >= 4 is 11.8 Å². The second kappa shape index (κ2) is 6.43. The molecule has 3 aliphatic heterocycles. The zero-order valence-corrected chi connectivity index (χ0v) is 13.6. The standard InChI is InChI=1S/C16H22N4O4/c21-14(12-11-17-20-4-2-10-24-16(12)20)18-5-7-19(8-6-18)15(22)13-3-1-9-23-13/h11,13H,1-10H2/t13-/m1/s1. The van der Waals surface area contributed by atoms with E-state index in [-0.39, 0.29) is 17.9 Å². The van der Waals surface area contributed by atoms with Crippen LogP contribution in [0.2, 0.25) is 0 Å². The molecule has 0 bridgehead atoms. The predicted molar refractivity (Wildman–Crippen MR) is 83.8 cm³/mol. The molecule has 1 aromatic heterocycles. The van der Waals surface area contributed by atoms with E-state index < -0.39 is 0 Å². The Hall–Kier alpha value is -2.09. The second-order valence-electron chi connectivity index (χ2n) is 6.41. The van der Waals surface area contributed by atoms with Crippen molar-refractivity contribution in [3.8, 4) is 5.88 Å². The van der Waals surface area contributed by atoms with Crippen LogP contribution in [0.25, 0.3) is 0 Å². The zero-order valence-electron chi connectivity index (χ0n) is 13.6. The van der Waals surface area contributed by atoms with Crippen molar-refractivity contribution in [1.29, 1.82) is 0 Å². The Kier molecular flexibility index (Phi) is 4.13. The lowest BCUT2D eigenvalue weighted by Gasteiger charge is -2.35. The van der Waals surface area contributed by atoms with Gasteiger partial charge in [-0.15, -0.1) is 0 Å². The van der Waals surface area contributed by atoms with Crippen molar-refractivity contribution in [1.82, 2.24) is 19.6 Å². The van der Waals surface area contributed by atoms with E-state index in [2.05, 4.69) is 5.10 Å². The van der Waals surface area contributed by atoms with Gasteiger partial charge in [0, 0.05) is 45.8 Å². The summed E-state index contributed by atoms with van der Waals surface area (Å²) in [5.74, 6) is 0.567. The number of ether oxygens (including phenoxy) is 2. The van der Waals surface area contributed by atoms with E-state index in [1.54, 1.807) is 15.8 Å². The van der Waals surface area contributed by atoms with Gasteiger partial charge in [0.15, 0.2) is 0 Å². The molecule has 4 rings (SSSR count). The van der Waals surface area contributed by atoms with Gasteiger partial charge < -0.3 is 19.3 Å². The smallest absolute Gasteiger partial charge is 0.261 e. The van der Waals surface area contributed by atoms with E-state index in [0.717, 1.165) is 25.8 Å². The molecule has 0 aromatic carbocycles. The number of nitrogens with zero attached hydrogens (tertiary/aromatic N) is 4. The van der Waals surface area contributed by atoms with Gasteiger partial charge in [0.2, 0.25) is 5.88 Å². The third kappa shape index (κ3) is 2.75. The van der Waals surface area contributed by atoms with Gasteiger partial charge in [-0.25, -0.2) is 4.68 Å². The van der Waals surface area contributed by atoms with Crippen LogP contribution in [-0.2, 0) is 16.1 Å². The summed E-state index contributed by atoms with van der Waals surface area (Å²) in [6, 6.07) is 0. The van der Waals surface area contributed by atoms with Crippen LogP contribution < -0.4 is 4.74 Å². The summed E-state index contributed by atoms with van der Waals surface area (Å²) in [4.78, 5) is 28.7. The topological polar surface area (TPSA) is 76.9 Å². The number of hydrogen-bond acceptors (Lipinski definition) is 5. The predicted octanol–water partition coefficient (Wildman–Crippen LogP) is 0.129. The SMILES string of the molecule is O=C(c1cnn2c1OCCC2)N1CCN(C(=O)[C@H]2CCCO2)CC1. The second-order valence-corrected chi connectivity index (χ2v) is 6.41. The molecule has 24 heavy (non-hydrogen) atoms. The van der Waals surface area contributed by atoms with Crippen molar-refractivity contribution in [2.24, 2.45) is 0 Å². The van der Waals surface area contributed by atoms with Gasteiger partial charge in [0.1, 0.15) is 11.7 Å². The molecule has 0 spiro atoms. The number of amides is 2. The van der Waals surface area contributed by atoms with Crippen molar-refractivity contribution in [2.75, 3.05) is 39.4 Å². The highest BCUT2D eigenvalue weighted by Crippen LogP contribution is 2.24. The summed E-state index contributed by atoms with van der Waals surface area (Å²) in [5.41, 5.74) is 0.522. The summed E-state index contributed by atoms with van der Waals surface area (Å²) in [5, 5.41) is 4.23. The number of piperazine rings is 1. The maximum absolute atomic E-state index is 12.7. The maximum atomic E-state index is 12.7. The lowest BCUT2D eigenvalue weighted by molar-refractivity contribution is -0.142. The number of hydrogen-bond donors (Lipinski definition) is 0. The van der Waals surface area contributed by atoms with Crippen LogP contribution in [0, 0.1) is 0 Å². The van der Waals surface area contributed by atoms with Crippen molar-refractivity contribution in [3.63, 3.8) is 0 Å². The quantitative estimate of drug-likeness (QED) is 0.768. The molecule has 0 unspecified atom stereocenters. The average Bonchev–Trinajstić information content (AvgIpc) is 3.30. The molecule has 8 nitrogen and oxygen atoms in total. The van der Waals surface area contributed by atoms with Crippen molar-refractivity contribution < 1.29 is 19.1 Å². The molecule has 1 atom stereocenters. The minimum atomic E-state index is -0.289. The molecule has 1 aromatic rings. The lowest BCUT2D eigenvalue weighted by atomic mass is 10.2. The molecule has 0 N–H and O–H groups in total. The Balaban J connectivity index is 1.38. The minimum absolute atomic E-state index is 0.0610. The highest BCUT2D eigenvalue weighted by molar-refractivity contribution is 5.96. The number of carbonyl (C=O) groups is 2. The Labute approximate surface area is 140 Å². The maximum Gasteiger partial charge on any atom is 0.261 e. The normalized spacial score (nSPS) is 23.8. The van der Waals surface area contributed by atoms with Gasteiger partial charge in [-0.3, -0.25) is 9.59 Å². The monoisotopic (exact) mass is 334 g/mol. The first-order chi connectivity index (χ1) is 11.7. The highest BCUT2D eigenvalue weighted by Gasteiger charge is 2.33. The summed E-state index contributed by atoms with van der Waals surface area (Å²) >= 11 is 0. The van der Waals surface area contributed by atoms with Crippen LogP contribution >= 0.6 is 0 Å². The molecule has 8 heteroatoms. The zero-order chi connectivity index (χ0) is 16.5. The summed E-state index contributed by atoms with van der Waals surface area (Å²) < 4.78 is 12.8. The van der Waals surface area contributed by atoms with Crippen LogP contribution in [0.4, 0.5) is 0 Å². The van der Waals surface area contributed by atoms with Crippen LogP contribution in [0.1, 0.15) is 29.6 Å². The molecule has 2 amide bonds. The van der Waals surface area contributed by atoms with E-state index in [4.69, 9.17) is 9.47 Å². The van der Waals surface area contributed by atoms with E-state index in [1.807, 2.05) is 4.90 Å². The lowest BCUT2D eigenvalue weighted by Crippen LogP contribution is -2.52. The largest absolute Gasteiger partial charge is 0.477 e. The number of carbonyl (C=O) groups excluding carboxylic acids is 2. The summed E-state index contributed by atoms with van der Waals surface area (Å²) in [6.07, 6.45) is 3.96. The Morgan fingerprint density at radius 3 is 2.58 bits per heavy atom. The van der Waals surface area contributed by atoms with Gasteiger partial charge in [0.05, 0.1) is 12.8 Å². The summed E-state index contributed by atoms with van der Waals surface area (Å²) in [6.45, 7) is 4.23. The minimum Gasteiger partial charge on any atom is -0.477 e.